The molecule has 3 heterocycles. The molecule has 0 aliphatic carbocycles. The number of benzene rings is 1. The van der Waals surface area contributed by atoms with Gasteiger partial charge in [0.2, 0.25) is 5.95 Å². The molecule has 3 aromatic heterocycles. The van der Waals surface area contributed by atoms with Gasteiger partial charge in [0.05, 0.1) is 11.3 Å². The maximum Gasteiger partial charge on any atom is 0.234 e. The van der Waals surface area contributed by atoms with Gasteiger partial charge in [-0.15, -0.1) is 0 Å². The maximum atomic E-state index is 13.1. The van der Waals surface area contributed by atoms with Gasteiger partial charge in [0, 0.05) is 24.2 Å². The Hall–Kier alpha value is -3.35. The van der Waals surface area contributed by atoms with Crippen LogP contribution in [0.5, 0.6) is 0 Å². The monoisotopic (exact) mass is 321 g/mol. The Kier molecular flexibility index (Phi) is 3.38. The number of aryl methyl sites for hydroxylation is 1. The minimum Gasteiger partial charge on any atom is -0.360 e. The van der Waals surface area contributed by atoms with Gasteiger partial charge in [-0.2, -0.15) is 0 Å². The molecule has 6 nitrogen and oxygen atoms in total. The van der Waals surface area contributed by atoms with E-state index in [2.05, 4.69) is 20.1 Å². The van der Waals surface area contributed by atoms with Crippen LogP contribution in [0.1, 0.15) is 5.76 Å². The molecule has 0 N–H and O–H groups in total. The molecule has 1 aromatic carbocycles. The summed E-state index contributed by atoms with van der Waals surface area (Å²) in [5.41, 5.74) is 2.82. The highest BCUT2D eigenvalue weighted by molar-refractivity contribution is 5.79. The van der Waals surface area contributed by atoms with E-state index in [1.54, 1.807) is 41.5 Å². The van der Waals surface area contributed by atoms with Crippen LogP contribution in [0, 0.1) is 12.7 Å². The smallest absolute Gasteiger partial charge is 0.234 e. The van der Waals surface area contributed by atoms with Crippen molar-refractivity contribution in [3.8, 4) is 28.5 Å². The van der Waals surface area contributed by atoms with Crippen molar-refractivity contribution in [1.82, 2.24) is 24.7 Å². The highest BCUT2D eigenvalue weighted by Crippen LogP contribution is 2.33. The molecule has 118 valence electrons. The molecular formula is C17H12FN5O. The molecule has 4 rings (SSSR count). The van der Waals surface area contributed by atoms with E-state index in [1.165, 1.54) is 12.1 Å². The summed E-state index contributed by atoms with van der Waals surface area (Å²) in [5, 5.41) is 4.10. The molecule has 0 bridgehead atoms. The average Bonchev–Trinajstić information content (AvgIpc) is 3.23. The molecule has 0 saturated carbocycles. The lowest BCUT2D eigenvalue weighted by Crippen LogP contribution is -1.96. The highest BCUT2D eigenvalue weighted by atomic mass is 19.1. The quantitative estimate of drug-likeness (QED) is 0.578. The summed E-state index contributed by atoms with van der Waals surface area (Å²) in [6.07, 6.45) is 6.76. The van der Waals surface area contributed by atoms with Gasteiger partial charge in [0.1, 0.15) is 23.6 Å². The summed E-state index contributed by atoms with van der Waals surface area (Å²) >= 11 is 0. The Morgan fingerprint density at radius 1 is 1.04 bits per heavy atom. The van der Waals surface area contributed by atoms with E-state index in [0.717, 1.165) is 11.1 Å². The van der Waals surface area contributed by atoms with E-state index >= 15 is 0 Å². The summed E-state index contributed by atoms with van der Waals surface area (Å²) in [7, 11) is 0. The third kappa shape index (κ3) is 2.45. The zero-order chi connectivity index (χ0) is 16.5. The molecule has 0 saturated heterocycles. The second-order valence-electron chi connectivity index (χ2n) is 5.18. The number of nitrogens with zero attached hydrogens (tertiary/aromatic N) is 5. The van der Waals surface area contributed by atoms with Gasteiger partial charge in [-0.3, -0.25) is 4.57 Å². The van der Waals surface area contributed by atoms with Crippen molar-refractivity contribution in [3.05, 3.63) is 66.8 Å². The van der Waals surface area contributed by atoms with Gasteiger partial charge in [0.15, 0.2) is 0 Å². The van der Waals surface area contributed by atoms with Crippen molar-refractivity contribution < 1.29 is 8.91 Å². The van der Waals surface area contributed by atoms with Gasteiger partial charge in [-0.25, -0.2) is 19.3 Å². The summed E-state index contributed by atoms with van der Waals surface area (Å²) in [6.45, 7) is 1.81. The lowest BCUT2D eigenvalue weighted by molar-refractivity contribution is 0.400. The van der Waals surface area contributed by atoms with Crippen LogP contribution in [0.3, 0.4) is 0 Å². The van der Waals surface area contributed by atoms with Gasteiger partial charge in [-0.1, -0.05) is 5.16 Å². The van der Waals surface area contributed by atoms with E-state index in [-0.39, 0.29) is 5.82 Å². The molecular weight excluding hydrogens is 309 g/mol. The van der Waals surface area contributed by atoms with Crippen molar-refractivity contribution in [3.63, 3.8) is 0 Å². The van der Waals surface area contributed by atoms with Crippen LogP contribution in [0.2, 0.25) is 0 Å². The minimum atomic E-state index is -0.300. The van der Waals surface area contributed by atoms with Gasteiger partial charge in [0.25, 0.3) is 0 Å². The lowest BCUT2D eigenvalue weighted by atomic mass is 10.0. The Morgan fingerprint density at radius 3 is 2.54 bits per heavy atom. The summed E-state index contributed by atoms with van der Waals surface area (Å²) < 4.78 is 20.2. The summed E-state index contributed by atoms with van der Waals surface area (Å²) in [6, 6.07) is 7.85. The second-order valence-corrected chi connectivity index (χ2v) is 5.18. The molecule has 7 heteroatoms. The van der Waals surface area contributed by atoms with Crippen molar-refractivity contribution in [2.24, 2.45) is 0 Å². The van der Waals surface area contributed by atoms with E-state index in [1.807, 2.05) is 13.1 Å². The number of hydrogen-bond donors (Lipinski definition) is 0. The summed E-state index contributed by atoms with van der Waals surface area (Å²) in [5.74, 6) is 0.855. The number of rotatable bonds is 3. The Labute approximate surface area is 136 Å². The summed E-state index contributed by atoms with van der Waals surface area (Å²) in [4.78, 5) is 12.8. The second kappa shape index (κ2) is 5.69. The van der Waals surface area contributed by atoms with Crippen LogP contribution < -0.4 is 0 Å². The van der Waals surface area contributed by atoms with Gasteiger partial charge < -0.3 is 4.52 Å². The number of imidazole rings is 1. The van der Waals surface area contributed by atoms with Crippen molar-refractivity contribution in [2.75, 3.05) is 0 Å². The number of hydrogen-bond acceptors (Lipinski definition) is 5. The zero-order valence-corrected chi connectivity index (χ0v) is 12.7. The standard InChI is InChI=1S/C17H12FN5O/c1-11-15(16(22-24-11)12-3-5-13(18)6-4-12)14-9-23(10-21-14)17-19-7-2-8-20-17/h2-10H,1H3. The number of aromatic nitrogens is 5. The van der Waals surface area contributed by atoms with Crippen molar-refractivity contribution in [1.29, 1.82) is 0 Å². The first kappa shape index (κ1) is 14.3. The lowest BCUT2D eigenvalue weighted by Gasteiger charge is -2.00. The van der Waals surface area contributed by atoms with Gasteiger partial charge in [-0.05, 0) is 37.3 Å². The molecule has 0 fully saturated rings. The first-order valence-electron chi connectivity index (χ1n) is 7.26. The average molecular weight is 321 g/mol. The van der Waals surface area contributed by atoms with Crippen LogP contribution >= 0.6 is 0 Å². The van der Waals surface area contributed by atoms with Gasteiger partial charge >= 0.3 is 0 Å². The first-order chi connectivity index (χ1) is 11.7. The van der Waals surface area contributed by atoms with Crippen LogP contribution in [-0.4, -0.2) is 24.7 Å². The Balaban J connectivity index is 1.79. The van der Waals surface area contributed by atoms with E-state index in [0.29, 0.717) is 23.1 Å². The minimum absolute atomic E-state index is 0.300. The Bertz CT molecular complexity index is 976. The molecule has 0 radical (unpaired) electrons. The van der Waals surface area contributed by atoms with Crippen LogP contribution in [0.15, 0.2) is 59.8 Å². The topological polar surface area (TPSA) is 69.6 Å². The van der Waals surface area contributed by atoms with Crippen LogP contribution in [0.25, 0.3) is 28.5 Å². The fourth-order valence-electron chi connectivity index (χ4n) is 2.46. The predicted octanol–water partition coefficient (Wildman–Crippen LogP) is 3.43. The fraction of sp³-hybridized carbons (Fsp3) is 0.0588. The van der Waals surface area contributed by atoms with Crippen molar-refractivity contribution >= 4 is 0 Å². The SMILES string of the molecule is Cc1onc(-c2ccc(F)cc2)c1-c1cn(-c2ncccn2)cn1. The third-order valence-corrected chi connectivity index (χ3v) is 3.60. The Morgan fingerprint density at radius 2 is 1.79 bits per heavy atom. The maximum absolute atomic E-state index is 13.1. The normalized spacial score (nSPS) is 10.9. The van der Waals surface area contributed by atoms with E-state index in [4.69, 9.17) is 4.52 Å². The molecule has 0 unspecified atom stereocenters. The van der Waals surface area contributed by atoms with Crippen molar-refractivity contribution in [2.45, 2.75) is 6.92 Å². The molecule has 0 aliphatic rings. The third-order valence-electron chi connectivity index (χ3n) is 3.60. The van der Waals surface area contributed by atoms with E-state index < -0.39 is 0 Å². The van der Waals surface area contributed by atoms with Crippen LogP contribution in [0.4, 0.5) is 4.39 Å². The largest absolute Gasteiger partial charge is 0.360 e. The molecule has 24 heavy (non-hydrogen) atoms. The molecule has 4 aromatic rings. The molecule has 0 spiro atoms. The predicted molar refractivity (Wildman–Crippen MR) is 84.8 cm³/mol. The fourth-order valence-corrected chi connectivity index (χ4v) is 2.46. The zero-order valence-electron chi connectivity index (χ0n) is 12.7. The first-order valence-corrected chi connectivity index (χ1v) is 7.26. The van der Waals surface area contributed by atoms with E-state index in [9.17, 15) is 4.39 Å². The number of halogens is 1. The molecule has 0 amide bonds. The molecule has 0 aliphatic heterocycles. The molecule has 0 atom stereocenters. The highest BCUT2D eigenvalue weighted by Gasteiger charge is 2.19. The van der Waals surface area contributed by atoms with Crippen LogP contribution in [-0.2, 0) is 0 Å².